The van der Waals surface area contributed by atoms with Gasteiger partial charge in [0.15, 0.2) is 0 Å². The Labute approximate surface area is 192 Å². The van der Waals surface area contributed by atoms with Gasteiger partial charge in [-0.05, 0) is 43.4 Å². The average molecular weight is 468 g/mol. The number of pyridine rings is 1. The number of sulfonamides is 1. The third-order valence-corrected chi connectivity index (χ3v) is 8.31. The highest BCUT2D eigenvalue weighted by Gasteiger charge is 2.32. The van der Waals surface area contributed by atoms with Crippen LogP contribution in [0.3, 0.4) is 0 Å². The van der Waals surface area contributed by atoms with E-state index in [0.717, 1.165) is 63.4 Å². The molecule has 1 aromatic rings. The molecule has 32 heavy (non-hydrogen) atoms. The topological polar surface area (TPSA) is 79.4 Å². The molecule has 1 amide bonds. The molecule has 0 spiro atoms. The first-order chi connectivity index (χ1) is 15.5. The molecule has 0 aliphatic heterocycles. The maximum Gasteiger partial charge on any atom is 0.243 e. The number of amides is 1. The first-order valence-electron chi connectivity index (χ1n) is 11.9. The number of alkyl halides is 1. The molecule has 1 heterocycles. The van der Waals surface area contributed by atoms with Crippen molar-refractivity contribution in [2.24, 2.45) is 0 Å². The van der Waals surface area contributed by atoms with Gasteiger partial charge in [-0.1, -0.05) is 51.0 Å². The van der Waals surface area contributed by atoms with Crippen molar-refractivity contribution in [1.29, 1.82) is 0 Å². The van der Waals surface area contributed by atoms with Crippen LogP contribution in [-0.2, 0) is 14.8 Å². The Bertz CT molecular complexity index is 781. The highest BCUT2D eigenvalue weighted by molar-refractivity contribution is 7.89. The fraction of sp³-hybridized carbons (Fsp3) is 0.667. The van der Waals surface area contributed by atoms with Gasteiger partial charge in [0.05, 0.1) is 5.25 Å². The molecular formula is C24H38FN3O3S. The number of hydrogen-bond acceptors (Lipinski definition) is 4. The van der Waals surface area contributed by atoms with Crippen LogP contribution in [0.2, 0.25) is 0 Å². The maximum absolute atomic E-state index is 12.9. The number of rotatable bonds is 15. The summed E-state index contributed by atoms with van der Waals surface area (Å²) in [5.41, 5.74) is 0.888. The van der Waals surface area contributed by atoms with Crippen molar-refractivity contribution >= 4 is 22.0 Å². The fourth-order valence-corrected chi connectivity index (χ4v) is 6.13. The smallest absolute Gasteiger partial charge is 0.243 e. The molecule has 0 aromatic carbocycles. The predicted octanol–water partition coefficient (Wildman–Crippen LogP) is 4.49. The molecule has 1 fully saturated rings. The lowest BCUT2D eigenvalue weighted by Crippen LogP contribution is -2.41. The zero-order valence-electron chi connectivity index (χ0n) is 19.1. The van der Waals surface area contributed by atoms with Gasteiger partial charge in [0, 0.05) is 38.1 Å². The highest BCUT2D eigenvalue weighted by Crippen LogP contribution is 2.26. The minimum Gasteiger partial charge on any atom is -0.353 e. The first-order valence-corrected chi connectivity index (χ1v) is 13.4. The third kappa shape index (κ3) is 9.77. The number of nitrogens with zero attached hydrogens (tertiary/aromatic N) is 2. The first kappa shape index (κ1) is 26.5. The Morgan fingerprint density at radius 3 is 2.50 bits per heavy atom. The Kier molecular flexibility index (Phi) is 12.5. The fourth-order valence-electron chi connectivity index (χ4n) is 4.07. The van der Waals surface area contributed by atoms with E-state index in [1.807, 2.05) is 12.1 Å². The van der Waals surface area contributed by atoms with E-state index < -0.39 is 16.7 Å². The number of aromatic nitrogens is 1. The number of hydrogen-bond donors (Lipinski definition) is 1. The molecule has 1 saturated carbocycles. The van der Waals surface area contributed by atoms with E-state index in [0.29, 0.717) is 25.9 Å². The minimum absolute atomic E-state index is 0.0201. The number of unbranched alkanes of at least 4 members (excludes halogenated alkanes) is 5. The van der Waals surface area contributed by atoms with Crippen LogP contribution >= 0.6 is 0 Å². The number of halogens is 1. The lowest BCUT2D eigenvalue weighted by molar-refractivity contribution is -0.116. The highest BCUT2D eigenvalue weighted by atomic mass is 32.2. The van der Waals surface area contributed by atoms with Crippen molar-refractivity contribution in [2.45, 2.75) is 75.9 Å². The molecule has 1 aliphatic carbocycles. The summed E-state index contributed by atoms with van der Waals surface area (Å²) in [7, 11) is -3.38. The normalized spacial score (nSPS) is 15.4. The summed E-state index contributed by atoms with van der Waals surface area (Å²) in [6.45, 7) is 0.408. The van der Waals surface area contributed by atoms with E-state index >= 15 is 0 Å². The van der Waals surface area contributed by atoms with Crippen LogP contribution in [0.4, 0.5) is 4.39 Å². The lowest BCUT2D eigenvalue weighted by Gasteiger charge is -2.29. The number of carbonyl (C=O) groups excluding carboxylic acids is 1. The van der Waals surface area contributed by atoms with Gasteiger partial charge in [-0.15, -0.1) is 0 Å². The molecule has 2 rings (SSSR count). The van der Waals surface area contributed by atoms with Crippen molar-refractivity contribution in [3.8, 4) is 0 Å². The molecule has 6 nitrogen and oxygen atoms in total. The number of nitrogens with one attached hydrogen (secondary N) is 1. The van der Waals surface area contributed by atoms with Crippen LogP contribution in [0.5, 0.6) is 0 Å². The Hall–Kier alpha value is -1.80. The second kappa shape index (κ2) is 15.1. The Morgan fingerprint density at radius 1 is 1.09 bits per heavy atom. The summed E-state index contributed by atoms with van der Waals surface area (Å²) in [5.74, 6) is -0.110. The van der Waals surface area contributed by atoms with Gasteiger partial charge >= 0.3 is 0 Å². The average Bonchev–Trinajstić information content (AvgIpc) is 2.82. The zero-order chi connectivity index (χ0) is 23.1. The summed E-state index contributed by atoms with van der Waals surface area (Å²) >= 11 is 0. The number of carbonyl (C=O) groups is 1. The van der Waals surface area contributed by atoms with Gasteiger partial charge in [0.2, 0.25) is 15.9 Å². The zero-order valence-corrected chi connectivity index (χ0v) is 19.9. The van der Waals surface area contributed by atoms with Crippen molar-refractivity contribution in [3.05, 3.63) is 36.2 Å². The second-order valence-corrected chi connectivity index (χ2v) is 10.6. The predicted molar refractivity (Wildman–Crippen MR) is 127 cm³/mol. The standard InChI is InChI=1S/C24H38FN3O3S/c25-16-20-28(32(30,31)23-12-6-5-7-13-23)19-9-4-2-1-3-8-18-27-24(29)15-14-22-11-10-17-26-21-22/h10-11,14-15,17,21,23H,1-9,12-13,16,18-20H2,(H,27,29)/b15-14+. The van der Waals surface area contributed by atoms with Crippen LogP contribution in [0, 0.1) is 0 Å². The molecule has 0 bridgehead atoms. The van der Waals surface area contributed by atoms with E-state index in [1.54, 1.807) is 18.5 Å². The summed E-state index contributed by atoms with van der Waals surface area (Å²) in [6, 6.07) is 3.71. The van der Waals surface area contributed by atoms with Crippen molar-refractivity contribution < 1.29 is 17.6 Å². The van der Waals surface area contributed by atoms with E-state index in [-0.39, 0.29) is 17.7 Å². The van der Waals surface area contributed by atoms with Gasteiger partial charge < -0.3 is 5.32 Å². The maximum atomic E-state index is 12.9. The van der Waals surface area contributed by atoms with Crippen LogP contribution in [0.15, 0.2) is 30.6 Å². The van der Waals surface area contributed by atoms with Crippen molar-refractivity contribution in [3.63, 3.8) is 0 Å². The van der Waals surface area contributed by atoms with Gasteiger partial charge in [-0.25, -0.2) is 12.8 Å². The van der Waals surface area contributed by atoms with E-state index in [1.165, 1.54) is 10.4 Å². The summed E-state index contributed by atoms with van der Waals surface area (Å²) in [5, 5.41) is 2.55. The van der Waals surface area contributed by atoms with Crippen molar-refractivity contribution in [2.75, 3.05) is 26.3 Å². The molecule has 1 aliphatic rings. The molecule has 0 radical (unpaired) electrons. The molecule has 8 heteroatoms. The Balaban J connectivity index is 1.54. The molecule has 1 N–H and O–H groups in total. The van der Waals surface area contributed by atoms with Gasteiger partial charge in [0.25, 0.3) is 0 Å². The third-order valence-electron chi connectivity index (χ3n) is 5.91. The molecular weight excluding hydrogens is 429 g/mol. The molecule has 180 valence electrons. The van der Waals surface area contributed by atoms with Gasteiger partial charge in [0.1, 0.15) is 6.67 Å². The van der Waals surface area contributed by atoms with Crippen molar-refractivity contribution in [1.82, 2.24) is 14.6 Å². The molecule has 0 unspecified atom stereocenters. The summed E-state index contributed by atoms with van der Waals surface area (Å²) in [6.07, 6.45) is 16.8. The van der Waals surface area contributed by atoms with Gasteiger partial charge in [-0.2, -0.15) is 4.31 Å². The minimum atomic E-state index is -3.38. The summed E-state index contributed by atoms with van der Waals surface area (Å²) < 4.78 is 40.0. The van der Waals surface area contributed by atoms with E-state index in [9.17, 15) is 17.6 Å². The van der Waals surface area contributed by atoms with Crippen LogP contribution in [0.1, 0.15) is 76.2 Å². The Morgan fingerprint density at radius 2 is 1.81 bits per heavy atom. The summed E-state index contributed by atoms with van der Waals surface area (Å²) in [4.78, 5) is 15.8. The second-order valence-electron chi connectivity index (χ2n) is 8.43. The SMILES string of the molecule is O=C(/C=C/c1cccnc1)NCCCCCCCCN(CCF)S(=O)(=O)C1CCCCC1. The quantitative estimate of drug-likeness (QED) is 0.305. The van der Waals surface area contributed by atoms with E-state index in [2.05, 4.69) is 10.3 Å². The molecule has 0 saturated heterocycles. The lowest BCUT2D eigenvalue weighted by atomic mass is 10.0. The van der Waals surface area contributed by atoms with Gasteiger partial charge in [-0.3, -0.25) is 9.78 Å². The molecule has 1 aromatic heterocycles. The van der Waals surface area contributed by atoms with Crippen LogP contribution in [0.25, 0.3) is 6.08 Å². The largest absolute Gasteiger partial charge is 0.353 e. The van der Waals surface area contributed by atoms with E-state index in [4.69, 9.17) is 0 Å². The van der Waals surface area contributed by atoms with Crippen LogP contribution in [-0.4, -0.2) is 55.2 Å². The van der Waals surface area contributed by atoms with Crippen LogP contribution < -0.4 is 5.32 Å². The molecule has 0 atom stereocenters. The monoisotopic (exact) mass is 467 g/mol.